The number of carbonyl (C=O) groups excluding carboxylic acids is 1. The second kappa shape index (κ2) is 5.10. The summed E-state index contributed by atoms with van der Waals surface area (Å²) < 4.78 is 0. The molecular weight excluding hydrogens is 250 g/mol. The predicted molar refractivity (Wildman–Crippen MR) is 70.1 cm³/mol. The zero-order valence-electron chi connectivity index (χ0n) is 10.6. The summed E-state index contributed by atoms with van der Waals surface area (Å²) in [6.07, 6.45) is 2.32. The van der Waals surface area contributed by atoms with Crippen molar-refractivity contribution in [3.63, 3.8) is 0 Å². The van der Waals surface area contributed by atoms with E-state index in [0.29, 0.717) is 18.5 Å². The normalized spacial score (nSPS) is 19.9. The molecule has 0 aliphatic carbocycles. The summed E-state index contributed by atoms with van der Waals surface area (Å²) in [5.74, 6) is -1.03. The van der Waals surface area contributed by atoms with Gasteiger partial charge in [0.15, 0.2) is 0 Å². The molecular formula is C13H17NO3S. The van der Waals surface area contributed by atoms with E-state index in [1.165, 1.54) is 4.90 Å². The zero-order valence-corrected chi connectivity index (χ0v) is 11.4. The van der Waals surface area contributed by atoms with Crippen molar-refractivity contribution in [2.45, 2.75) is 39.2 Å². The van der Waals surface area contributed by atoms with Crippen LogP contribution in [0.1, 0.15) is 39.4 Å². The number of aryl methyl sites for hydroxylation is 2. The molecule has 1 saturated heterocycles. The van der Waals surface area contributed by atoms with Crippen LogP contribution < -0.4 is 0 Å². The molecule has 2 heterocycles. The lowest BCUT2D eigenvalue weighted by Crippen LogP contribution is -2.48. The van der Waals surface area contributed by atoms with Crippen molar-refractivity contribution in [3.05, 3.63) is 21.4 Å². The Morgan fingerprint density at radius 2 is 2.11 bits per heavy atom. The number of aliphatic carboxylic acids is 1. The summed E-state index contributed by atoms with van der Waals surface area (Å²) in [5.41, 5.74) is 0.658. The zero-order chi connectivity index (χ0) is 13.3. The topological polar surface area (TPSA) is 57.6 Å². The molecule has 98 valence electrons. The highest BCUT2D eigenvalue weighted by molar-refractivity contribution is 7.12. The van der Waals surface area contributed by atoms with Crippen molar-refractivity contribution >= 4 is 23.2 Å². The molecule has 2 rings (SSSR count). The Balaban J connectivity index is 2.26. The molecule has 0 aromatic carbocycles. The Morgan fingerprint density at radius 3 is 2.67 bits per heavy atom. The van der Waals surface area contributed by atoms with Crippen LogP contribution in [0.5, 0.6) is 0 Å². The number of piperidine rings is 1. The van der Waals surface area contributed by atoms with Crippen molar-refractivity contribution in [1.29, 1.82) is 0 Å². The van der Waals surface area contributed by atoms with Crippen LogP contribution in [0.4, 0.5) is 0 Å². The van der Waals surface area contributed by atoms with Crippen molar-refractivity contribution in [2.24, 2.45) is 0 Å². The van der Waals surface area contributed by atoms with Gasteiger partial charge < -0.3 is 10.0 Å². The number of carboxylic acids is 1. The summed E-state index contributed by atoms with van der Waals surface area (Å²) in [4.78, 5) is 27.2. The number of carboxylic acid groups (broad SMARTS) is 1. The monoisotopic (exact) mass is 267 g/mol. The van der Waals surface area contributed by atoms with E-state index in [0.717, 1.165) is 22.6 Å². The lowest BCUT2D eigenvalue weighted by atomic mass is 10.0. The molecule has 1 N–H and O–H groups in total. The van der Waals surface area contributed by atoms with Gasteiger partial charge in [0.2, 0.25) is 0 Å². The number of hydrogen-bond acceptors (Lipinski definition) is 3. The van der Waals surface area contributed by atoms with Gasteiger partial charge >= 0.3 is 5.97 Å². The fraction of sp³-hybridized carbons (Fsp3) is 0.538. The van der Waals surface area contributed by atoms with E-state index in [4.69, 9.17) is 0 Å². The maximum Gasteiger partial charge on any atom is 0.326 e. The molecule has 0 bridgehead atoms. The molecule has 1 fully saturated rings. The van der Waals surface area contributed by atoms with Gasteiger partial charge in [-0.15, -0.1) is 11.3 Å². The van der Waals surface area contributed by atoms with Crippen LogP contribution in [-0.4, -0.2) is 34.5 Å². The minimum Gasteiger partial charge on any atom is -0.480 e. The van der Waals surface area contributed by atoms with Gasteiger partial charge in [0.25, 0.3) is 5.91 Å². The quantitative estimate of drug-likeness (QED) is 0.895. The first-order valence-corrected chi connectivity index (χ1v) is 6.93. The van der Waals surface area contributed by atoms with Crippen LogP contribution in [0.3, 0.4) is 0 Å². The minimum absolute atomic E-state index is 0.135. The Kier molecular flexibility index (Phi) is 3.71. The molecule has 1 aromatic heterocycles. The molecule has 4 nitrogen and oxygen atoms in total. The fourth-order valence-corrected chi connectivity index (χ4v) is 3.35. The smallest absolute Gasteiger partial charge is 0.326 e. The third-order valence-electron chi connectivity index (χ3n) is 3.32. The molecule has 5 heteroatoms. The number of hydrogen-bond donors (Lipinski definition) is 1. The van der Waals surface area contributed by atoms with Gasteiger partial charge in [-0.3, -0.25) is 4.79 Å². The standard InChI is InChI=1S/C13H17NO3S/c1-8-7-10(9(2)18-8)12(15)14-6-4-3-5-11(14)13(16)17/h7,11H,3-6H2,1-2H3,(H,16,17)/t11-/m0/s1. The summed E-state index contributed by atoms with van der Waals surface area (Å²) in [6.45, 7) is 4.41. The summed E-state index contributed by atoms with van der Waals surface area (Å²) >= 11 is 1.58. The van der Waals surface area contributed by atoms with Crippen molar-refractivity contribution in [2.75, 3.05) is 6.54 Å². The van der Waals surface area contributed by atoms with E-state index in [1.54, 1.807) is 11.3 Å². The number of rotatable bonds is 2. The van der Waals surface area contributed by atoms with Gasteiger partial charge in [0.05, 0.1) is 5.56 Å². The maximum absolute atomic E-state index is 12.4. The minimum atomic E-state index is -0.896. The van der Waals surface area contributed by atoms with Crippen molar-refractivity contribution < 1.29 is 14.7 Å². The molecule has 18 heavy (non-hydrogen) atoms. The molecule has 0 saturated carbocycles. The third-order valence-corrected chi connectivity index (χ3v) is 4.29. The molecule has 1 amide bonds. The highest BCUT2D eigenvalue weighted by Gasteiger charge is 2.33. The first-order valence-electron chi connectivity index (χ1n) is 6.11. The second-order valence-corrected chi connectivity index (χ2v) is 6.14. The number of carbonyl (C=O) groups is 2. The van der Waals surface area contributed by atoms with Crippen LogP contribution in [0.15, 0.2) is 6.07 Å². The number of likely N-dealkylation sites (tertiary alicyclic amines) is 1. The van der Waals surface area contributed by atoms with E-state index in [-0.39, 0.29) is 5.91 Å². The van der Waals surface area contributed by atoms with Crippen LogP contribution >= 0.6 is 11.3 Å². The largest absolute Gasteiger partial charge is 0.480 e. The Hall–Kier alpha value is -1.36. The predicted octanol–water partition coefficient (Wildman–Crippen LogP) is 2.44. The maximum atomic E-state index is 12.4. The molecule has 1 aliphatic rings. The van der Waals surface area contributed by atoms with Gasteiger partial charge in [-0.1, -0.05) is 0 Å². The van der Waals surface area contributed by atoms with Crippen LogP contribution in [0.25, 0.3) is 0 Å². The van der Waals surface area contributed by atoms with E-state index in [9.17, 15) is 14.7 Å². The van der Waals surface area contributed by atoms with Gasteiger partial charge in [-0.25, -0.2) is 4.79 Å². The Labute approximate surface area is 110 Å². The summed E-state index contributed by atoms with van der Waals surface area (Å²) in [6, 6.07) is 1.20. The summed E-state index contributed by atoms with van der Waals surface area (Å²) in [7, 11) is 0. The number of nitrogens with zero attached hydrogens (tertiary/aromatic N) is 1. The average molecular weight is 267 g/mol. The molecule has 0 spiro atoms. The highest BCUT2D eigenvalue weighted by Crippen LogP contribution is 2.25. The van der Waals surface area contributed by atoms with Crippen molar-refractivity contribution in [3.8, 4) is 0 Å². The fourth-order valence-electron chi connectivity index (χ4n) is 2.43. The number of thiophene rings is 1. The Bertz CT molecular complexity index is 481. The molecule has 1 aromatic rings. The molecule has 0 radical (unpaired) electrons. The first kappa shape index (κ1) is 13.1. The molecule has 1 aliphatic heterocycles. The van der Waals surface area contributed by atoms with E-state index >= 15 is 0 Å². The summed E-state index contributed by atoms with van der Waals surface area (Å²) in [5, 5.41) is 9.19. The lowest BCUT2D eigenvalue weighted by Gasteiger charge is -2.32. The molecule has 0 unspecified atom stereocenters. The van der Waals surface area contributed by atoms with Gasteiger partial charge in [0.1, 0.15) is 6.04 Å². The van der Waals surface area contributed by atoms with E-state index in [1.807, 2.05) is 19.9 Å². The van der Waals surface area contributed by atoms with Crippen molar-refractivity contribution in [1.82, 2.24) is 4.90 Å². The highest BCUT2D eigenvalue weighted by atomic mass is 32.1. The lowest BCUT2D eigenvalue weighted by molar-refractivity contribution is -0.143. The van der Waals surface area contributed by atoms with Gasteiger partial charge in [-0.05, 0) is 39.2 Å². The first-order chi connectivity index (χ1) is 8.50. The van der Waals surface area contributed by atoms with Crippen LogP contribution in [0, 0.1) is 13.8 Å². The SMILES string of the molecule is Cc1cc(C(=O)N2CCCC[C@H]2C(=O)O)c(C)s1. The second-order valence-electron chi connectivity index (χ2n) is 4.68. The van der Waals surface area contributed by atoms with E-state index in [2.05, 4.69) is 0 Å². The van der Waals surface area contributed by atoms with E-state index < -0.39 is 12.0 Å². The average Bonchev–Trinajstić information content (AvgIpc) is 2.67. The number of amides is 1. The van der Waals surface area contributed by atoms with Gasteiger partial charge in [0, 0.05) is 16.3 Å². The third kappa shape index (κ3) is 2.41. The van der Waals surface area contributed by atoms with Crippen LogP contribution in [-0.2, 0) is 4.79 Å². The van der Waals surface area contributed by atoms with Crippen LogP contribution in [0.2, 0.25) is 0 Å². The van der Waals surface area contributed by atoms with Gasteiger partial charge in [-0.2, -0.15) is 0 Å². The molecule has 1 atom stereocenters. The Morgan fingerprint density at radius 1 is 1.39 bits per heavy atom.